The molecule has 0 aliphatic carbocycles. The van der Waals surface area contributed by atoms with Crippen molar-refractivity contribution in [3.05, 3.63) is 70.9 Å². The second kappa shape index (κ2) is 11.6. The molecule has 4 rings (SSSR count). The Morgan fingerprint density at radius 1 is 1.13 bits per heavy atom. The average Bonchev–Trinajstić information content (AvgIpc) is 3.54. The maximum Gasteiger partial charge on any atom is 0.325 e. The van der Waals surface area contributed by atoms with Crippen molar-refractivity contribution >= 4 is 57.5 Å². The first-order valence-electron chi connectivity index (χ1n) is 11.8. The van der Waals surface area contributed by atoms with Crippen LogP contribution >= 0.6 is 11.5 Å². The first kappa shape index (κ1) is 27.1. The SMILES string of the molecule is CCOC(=O)CNC(=O)[C@H](c1c[nH]c2ccccc12)N(C(=O)c1snc(C(N)=O)c1N)c1ccc(OC)cc1. The molecule has 0 unspecified atom stereocenters. The highest BCUT2D eigenvalue weighted by atomic mass is 32.1. The van der Waals surface area contributed by atoms with Crippen LogP contribution in [0.15, 0.2) is 54.7 Å². The molecular formula is C26H26N6O6S. The topological polar surface area (TPSA) is 183 Å². The van der Waals surface area contributed by atoms with Crippen LogP contribution in [0.3, 0.4) is 0 Å². The van der Waals surface area contributed by atoms with Gasteiger partial charge in [-0.25, -0.2) is 0 Å². The molecule has 6 N–H and O–H groups in total. The van der Waals surface area contributed by atoms with Crippen LogP contribution in [-0.2, 0) is 14.3 Å². The fourth-order valence-corrected chi connectivity index (χ4v) is 4.79. The zero-order valence-corrected chi connectivity index (χ0v) is 21.9. The van der Waals surface area contributed by atoms with Gasteiger partial charge in [-0.1, -0.05) is 18.2 Å². The highest BCUT2D eigenvalue weighted by molar-refractivity contribution is 7.09. The second-order valence-corrected chi connectivity index (χ2v) is 9.00. The third-order valence-corrected chi connectivity index (χ3v) is 6.71. The number of fused-ring (bicyclic) bond motifs is 1. The molecule has 39 heavy (non-hydrogen) atoms. The summed E-state index contributed by atoms with van der Waals surface area (Å²) in [4.78, 5) is 56.0. The number of nitrogen functional groups attached to an aromatic ring is 1. The number of amides is 3. The van der Waals surface area contributed by atoms with Crippen molar-refractivity contribution in [3.63, 3.8) is 0 Å². The molecule has 0 radical (unpaired) electrons. The van der Waals surface area contributed by atoms with Crippen LogP contribution in [0.2, 0.25) is 0 Å². The molecule has 0 saturated heterocycles. The molecular weight excluding hydrogens is 524 g/mol. The first-order chi connectivity index (χ1) is 18.8. The Balaban J connectivity index is 1.89. The third kappa shape index (κ3) is 5.52. The van der Waals surface area contributed by atoms with Gasteiger partial charge in [-0.05, 0) is 48.8 Å². The summed E-state index contributed by atoms with van der Waals surface area (Å²) in [7, 11) is 1.50. The number of carbonyl (C=O) groups excluding carboxylic acids is 4. The summed E-state index contributed by atoms with van der Waals surface area (Å²) in [5.74, 6) is -2.36. The van der Waals surface area contributed by atoms with E-state index >= 15 is 0 Å². The lowest BCUT2D eigenvalue weighted by Crippen LogP contribution is -2.45. The highest BCUT2D eigenvalue weighted by Gasteiger charge is 2.37. The number of benzene rings is 2. The Labute approximate surface area is 227 Å². The number of nitrogens with zero attached hydrogens (tertiary/aromatic N) is 2. The number of aromatic amines is 1. The van der Waals surface area contributed by atoms with Gasteiger partial charge in [-0.15, -0.1) is 0 Å². The molecule has 0 fully saturated rings. The summed E-state index contributed by atoms with van der Waals surface area (Å²) in [6, 6.07) is 12.4. The smallest absolute Gasteiger partial charge is 0.325 e. The monoisotopic (exact) mass is 550 g/mol. The molecule has 4 aromatic rings. The second-order valence-electron chi connectivity index (χ2n) is 8.23. The van der Waals surface area contributed by atoms with Crippen molar-refractivity contribution in [2.45, 2.75) is 13.0 Å². The number of hydrogen-bond donors (Lipinski definition) is 4. The summed E-state index contributed by atoms with van der Waals surface area (Å²) in [6.07, 6.45) is 1.62. The zero-order chi connectivity index (χ0) is 28.1. The van der Waals surface area contributed by atoms with E-state index in [1.165, 1.54) is 12.0 Å². The van der Waals surface area contributed by atoms with E-state index in [0.717, 1.165) is 5.52 Å². The molecule has 0 aliphatic rings. The molecule has 13 heteroatoms. The third-order valence-electron chi connectivity index (χ3n) is 5.86. The number of anilines is 2. The van der Waals surface area contributed by atoms with Crippen molar-refractivity contribution in [1.29, 1.82) is 0 Å². The largest absolute Gasteiger partial charge is 0.497 e. The molecule has 0 bridgehead atoms. The summed E-state index contributed by atoms with van der Waals surface area (Å²) >= 11 is 0.693. The molecule has 12 nitrogen and oxygen atoms in total. The minimum Gasteiger partial charge on any atom is -0.497 e. The summed E-state index contributed by atoms with van der Waals surface area (Å²) in [6.45, 7) is 1.38. The van der Waals surface area contributed by atoms with Crippen LogP contribution in [0.25, 0.3) is 10.9 Å². The molecule has 2 aromatic heterocycles. The Bertz CT molecular complexity index is 1530. The number of H-pyrrole nitrogens is 1. The molecule has 1 atom stereocenters. The van der Waals surface area contributed by atoms with Crippen LogP contribution in [0.5, 0.6) is 5.75 Å². The van der Waals surface area contributed by atoms with Crippen LogP contribution in [0.1, 0.15) is 38.7 Å². The van der Waals surface area contributed by atoms with Crippen LogP contribution in [0.4, 0.5) is 11.4 Å². The Morgan fingerprint density at radius 2 is 1.85 bits per heavy atom. The molecule has 2 aromatic carbocycles. The molecule has 0 saturated carbocycles. The number of hydrogen-bond acceptors (Lipinski definition) is 9. The van der Waals surface area contributed by atoms with E-state index in [9.17, 15) is 19.2 Å². The predicted molar refractivity (Wildman–Crippen MR) is 146 cm³/mol. The Hall–Kier alpha value is -4.91. The summed E-state index contributed by atoms with van der Waals surface area (Å²) in [5, 5.41) is 3.25. The van der Waals surface area contributed by atoms with E-state index in [-0.39, 0.29) is 22.9 Å². The molecule has 202 valence electrons. The van der Waals surface area contributed by atoms with Crippen LogP contribution in [-0.4, -0.2) is 53.3 Å². The van der Waals surface area contributed by atoms with Gasteiger partial charge < -0.3 is 31.2 Å². The quantitative estimate of drug-likeness (QED) is 0.217. The molecule has 2 heterocycles. The van der Waals surface area contributed by atoms with Crippen molar-refractivity contribution < 1.29 is 28.7 Å². The summed E-state index contributed by atoms with van der Waals surface area (Å²) in [5.41, 5.74) is 12.5. The van der Waals surface area contributed by atoms with Gasteiger partial charge in [0.05, 0.1) is 19.4 Å². The standard InChI is InChI=1S/C26H26N6O6S/c1-3-38-19(33)13-30-25(35)22(17-12-29-18-7-5-4-6-16(17)18)32(14-8-10-15(37-2)11-9-14)26(36)23-20(27)21(24(28)34)31-39-23/h4-12,22,29H,3,13,27H2,1-2H3,(H2,28,34)(H,30,35)/t22-/m0/s1. The van der Waals surface area contributed by atoms with E-state index in [4.69, 9.17) is 20.9 Å². The average molecular weight is 551 g/mol. The van der Waals surface area contributed by atoms with Crippen molar-refractivity contribution in [2.24, 2.45) is 5.73 Å². The predicted octanol–water partition coefficient (Wildman–Crippen LogP) is 2.38. The van der Waals surface area contributed by atoms with Gasteiger partial charge in [0.15, 0.2) is 5.69 Å². The zero-order valence-electron chi connectivity index (χ0n) is 21.1. The van der Waals surface area contributed by atoms with E-state index in [1.807, 2.05) is 12.1 Å². The van der Waals surface area contributed by atoms with Crippen LogP contribution in [0, 0.1) is 0 Å². The van der Waals surface area contributed by atoms with Gasteiger partial charge in [-0.3, -0.25) is 24.1 Å². The lowest BCUT2D eigenvalue weighted by Gasteiger charge is -2.31. The fourth-order valence-electron chi connectivity index (χ4n) is 4.05. The molecule has 0 spiro atoms. The number of carbonyl (C=O) groups is 4. The number of para-hydroxylation sites is 1. The molecule has 3 amide bonds. The lowest BCUT2D eigenvalue weighted by molar-refractivity contribution is -0.143. The van der Waals surface area contributed by atoms with E-state index in [2.05, 4.69) is 14.7 Å². The minimum absolute atomic E-state index is 0.0809. The van der Waals surface area contributed by atoms with Crippen molar-refractivity contribution in [3.8, 4) is 5.75 Å². The Morgan fingerprint density at radius 3 is 2.49 bits per heavy atom. The minimum atomic E-state index is -1.28. The highest BCUT2D eigenvalue weighted by Crippen LogP contribution is 2.36. The van der Waals surface area contributed by atoms with Gasteiger partial charge in [0.25, 0.3) is 11.8 Å². The maximum absolute atomic E-state index is 14.1. The van der Waals surface area contributed by atoms with E-state index in [0.29, 0.717) is 33.9 Å². The number of methoxy groups -OCH3 is 1. The number of primary amides is 1. The number of esters is 1. The van der Waals surface area contributed by atoms with Gasteiger partial charge in [0.2, 0.25) is 5.91 Å². The number of rotatable bonds is 10. The number of ether oxygens (including phenoxy) is 2. The van der Waals surface area contributed by atoms with Gasteiger partial charge >= 0.3 is 5.97 Å². The van der Waals surface area contributed by atoms with Gasteiger partial charge in [0.1, 0.15) is 23.2 Å². The number of nitrogens with two attached hydrogens (primary N) is 2. The van der Waals surface area contributed by atoms with E-state index < -0.39 is 36.3 Å². The number of nitrogens with one attached hydrogen (secondary N) is 2. The normalized spacial score (nSPS) is 11.5. The van der Waals surface area contributed by atoms with Crippen LogP contribution < -0.4 is 26.4 Å². The van der Waals surface area contributed by atoms with Gasteiger partial charge in [-0.2, -0.15) is 4.37 Å². The van der Waals surface area contributed by atoms with E-state index in [1.54, 1.807) is 49.5 Å². The van der Waals surface area contributed by atoms with Crippen molar-refractivity contribution in [2.75, 3.05) is 30.9 Å². The molecule has 0 aliphatic heterocycles. The summed E-state index contributed by atoms with van der Waals surface area (Å²) < 4.78 is 14.1. The Kier molecular flexibility index (Phi) is 8.10. The lowest BCUT2D eigenvalue weighted by atomic mass is 10.0. The van der Waals surface area contributed by atoms with Gasteiger partial charge in [0, 0.05) is 28.4 Å². The van der Waals surface area contributed by atoms with Crippen molar-refractivity contribution in [1.82, 2.24) is 14.7 Å². The fraction of sp³-hybridized carbons (Fsp3) is 0.192. The maximum atomic E-state index is 14.1. The number of aromatic nitrogens is 2. The first-order valence-corrected chi connectivity index (χ1v) is 12.6.